The lowest BCUT2D eigenvalue weighted by Gasteiger charge is -2.13. The minimum atomic E-state index is -0.521. The maximum Gasteiger partial charge on any atom is 0.313 e. The first-order valence-electron chi connectivity index (χ1n) is 8.72. The van der Waals surface area contributed by atoms with Gasteiger partial charge in [-0.05, 0) is 42.3 Å². The van der Waals surface area contributed by atoms with Gasteiger partial charge < -0.3 is 20.1 Å². The second kappa shape index (κ2) is 9.56. The van der Waals surface area contributed by atoms with Crippen LogP contribution in [-0.4, -0.2) is 44.6 Å². The molecule has 0 aromatic heterocycles. The van der Waals surface area contributed by atoms with Gasteiger partial charge >= 0.3 is 5.97 Å². The van der Waals surface area contributed by atoms with Gasteiger partial charge in [0.05, 0.1) is 19.6 Å². The van der Waals surface area contributed by atoms with Crippen molar-refractivity contribution in [2.75, 3.05) is 26.8 Å². The molecule has 2 rings (SSSR count). The molecule has 0 radical (unpaired) electrons. The highest BCUT2D eigenvalue weighted by atomic mass is 16.5. The molecule has 0 saturated heterocycles. The summed E-state index contributed by atoms with van der Waals surface area (Å²) >= 11 is 0. The average molecular weight is 372 g/mol. The number of nitrogens with one attached hydrogen (secondary N) is 2. The molecule has 1 atom stereocenters. The first-order valence-corrected chi connectivity index (χ1v) is 8.72. The molecular weight excluding hydrogens is 348 g/mol. The summed E-state index contributed by atoms with van der Waals surface area (Å²) in [7, 11) is 1.61. The molecule has 0 bridgehead atoms. The van der Waals surface area contributed by atoms with Crippen molar-refractivity contribution >= 4 is 28.6 Å². The molecule has 2 aromatic carbocycles. The Balaban J connectivity index is 1.91. The topological polar surface area (TPSA) is 93.7 Å². The number of rotatable bonds is 8. The third-order valence-corrected chi connectivity index (χ3v) is 4.09. The summed E-state index contributed by atoms with van der Waals surface area (Å²) in [6.45, 7) is 3.42. The van der Waals surface area contributed by atoms with E-state index in [1.165, 1.54) is 0 Å². The van der Waals surface area contributed by atoms with Gasteiger partial charge in [-0.2, -0.15) is 0 Å². The van der Waals surface area contributed by atoms with E-state index < -0.39 is 24.4 Å². The summed E-state index contributed by atoms with van der Waals surface area (Å²) in [5.41, 5.74) is 0.792. The fourth-order valence-corrected chi connectivity index (χ4v) is 2.53. The van der Waals surface area contributed by atoms with Crippen molar-refractivity contribution in [2.24, 2.45) is 0 Å². The maximum absolute atomic E-state index is 12.2. The van der Waals surface area contributed by atoms with Gasteiger partial charge in [0.2, 0.25) is 5.91 Å². The number of carbonyl (C=O) groups excluding carboxylic acids is 3. The van der Waals surface area contributed by atoms with Crippen LogP contribution in [0.25, 0.3) is 10.8 Å². The van der Waals surface area contributed by atoms with Crippen LogP contribution in [0.3, 0.4) is 0 Å². The van der Waals surface area contributed by atoms with Gasteiger partial charge in [0, 0.05) is 6.54 Å². The van der Waals surface area contributed by atoms with E-state index in [0.29, 0.717) is 6.54 Å². The Morgan fingerprint density at radius 1 is 1.00 bits per heavy atom. The Hall–Kier alpha value is -3.09. The zero-order valence-electron chi connectivity index (χ0n) is 15.7. The van der Waals surface area contributed by atoms with Crippen LogP contribution in [0.1, 0.15) is 25.3 Å². The van der Waals surface area contributed by atoms with E-state index in [1.54, 1.807) is 21.0 Å². The highest BCUT2D eigenvalue weighted by molar-refractivity contribution is 5.88. The second-order valence-corrected chi connectivity index (χ2v) is 6.03. The fraction of sp³-hybridized carbons (Fsp3) is 0.350. The molecule has 0 aliphatic rings. The first-order chi connectivity index (χ1) is 12.9. The number of likely N-dealkylation sites (N-methyl/N-ethyl adjacent to an activating group) is 1. The normalized spacial score (nSPS) is 11.5. The SMILES string of the molecule is CCNC(=O)CNC(=O)COC(=O)[C@@H](C)c1ccc2cc(OC)ccc2c1. The molecule has 0 aliphatic carbocycles. The summed E-state index contributed by atoms with van der Waals surface area (Å²) in [6.07, 6.45) is 0. The van der Waals surface area contributed by atoms with Crippen LogP contribution >= 0.6 is 0 Å². The van der Waals surface area contributed by atoms with Crippen molar-refractivity contribution in [3.63, 3.8) is 0 Å². The van der Waals surface area contributed by atoms with Gasteiger partial charge in [0.1, 0.15) is 5.75 Å². The minimum Gasteiger partial charge on any atom is -0.497 e. The van der Waals surface area contributed by atoms with Crippen molar-refractivity contribution in [3.05, 3.63) is 42.0 Å². The monoisotopic (exact) mass is 372 g/mol. The van der Waals surface area contributed by atoms with Gasteiger partial charge in [-0.15, -0.1) is 0 Å². The average Bonchev–Trinajstić information content (AvgIpc) is 2.69. The smallest absolute Gasteiger partial charge is 0.313 e. The summed E-state index contributed by atoms with van der Waals surface area (Å²) < 4.78 is 10.3. The van der Waals surface area contributed by atoms with Crippen molar-refractivity contribution in [2.45, 2.75) is 19.8 Å². The summed E-state index contributed by atoms with van der Waals surface area (Å²) in [5, 5.41) is 6.94. The van der Waals surface area contributed by atoms with E-state index in [4.69, 9.17) is 9.47 Å². The number of amides is 2. The van der Waals surface area contributed by atoms with E-state index >= 15 is 0 Å². The molecule has 0 unspecified atom stereocenters. The molecule has 2 N–H and O–H groups in total. The predicted octanol–water partition coefficient (Wildman–Crippen LogP) is 1.75. The van der Waals surface area contributed by atoms with Crippen molar-refractivity contribution in [3.8, 4) is 5.75 Å². The molecule has 2 aromatic rings. The number of fused-ring (bicyclic) bond motifs is 1. The molecule has 0 heterocycles. The quantitative estimate of drug-likeness (QED) is 0.689. The van der Waals surface area contributed by atoms with Crippen LogP contribution in [0.4, 0.5) is 0 Å². The van der Waals surface area contributed by atoms with Crippen molar-refractivity contribution < 1.29 is 23.9 Å². The lowest BCUT2D eigenvalue weighted by Crippen LogP contribution is -2.38. The summed E-state index contributed by atoms with van der Waals surface area (Å²) in [5.74, 6) is -1.07. The molecule has 2 amide bonds. The number of carbonyl (C=O) groups is 3. The Morgan fingerprint density at radius 2 is 1.70 bits per heavy atom. The molecular formula is C20H24N2O5. The Labute approximate surface area is 158 Å². The minimum absolute atomic E-state index is 0.145. The summed E-state index contributed by atoms with van der Waals surface area (Å²) in [4.78, 5) is 35.2. The molecule has 7 heteroatoms. The highest BCUT2D eigenvalue weighted by Gasteiger charge is 2.18. The maximum atomic E-state index is 12.2. The molecule has 0 aliphatic heterocycles. The number of hydrogen-bond donors (Lipinski definition) is 2. The fourth-order valence-electron chi connectivity index (χ4n) is 2.53. The number of ether oxygens (including phenoxy) is 2. The van der Waals surface area contributed by atoms with Crippen LogP contribution < -0.4 is 15.4 Å². The van der Waals surface area contributed by atoms with Crippen LogP contribution in [0, 0.1) is 0 Å². The van der Waals surface area contributed by atoms with Crippen LogP contribution in [0.2, 0.25) is 0 Å². The largest absolute Gasteiger partial charge is 0.497 e. The van der Waals surface area contributed by atoms with E-state index in [-0.39, 0.29) is 12.5 Å². The zero-order valence-corrected chi connectivity index (χ0v) is 15.7. The first kappa shape index (κ1) is 20.2. The summed E-state index contributed by atoms with van der Waals surface area (Å²) in [6, 6.07) is 11.4. The van der Waals surface area contributed by atoms with Crippen molar-refractivity contribution in [1.82, 2.24) is 10.6 Å². The van der Waals surface area contributed by atoms with E-state index in [2.05, 4.69) is 10.6 Å². The molecule has 144 valence electrons. The van der Waals surface area contributed by atoms with Gasteiger partial charge in [-0.3, -0.25) is 14.4 Å². The third-order valence-electron chi connectivity index (χ3n) is 4.09. The van der Waals surface area contributed by atoms with Crippen molar-refractivity contribution in [1.29, 1.82) is 0 Å². The molecule has 0 fully saturated rings. The highest BCUT2D eigenvalue weighted by Crippen LogP contribution is 2.25. The zero-order chi connectivity index (χ0) is 19.8. The number of methoxy groups -OCH3 is 1. The van der Waals surface area contributed by atoms with E-state index in [9.17, 15) is 14.4 Å². The van der Waals surface area contributed by atoms with Crippen LogP contribution in [0.5, 0.6) is 5.75 Å². The van der Waals surface area contributed by atoms with Crippen LogP contribution in [0.15, 0.2) is 36.4 Å². The van der Waals surface area contributed by atoms with E-state index in [0.717, 1.165) is 22.1 Å². The standard InChI is InChI=1S/C20H24N2O5/c1-4-21-18(23)11-22-19(24)12-27-20(25)13(2)14-5-6-16-10-17(26-3)8-7-15(16)9-14/h5-10,13H,4,11-12H2,1-3H3,(H,21,23)(H,22,24)/t13-/m0/s1. The Morgan fingerprint density at radius 3 is 2.41 bits per heavy atom. The number of hydrogen-bond acceptors (Lipinski definition) is 5. The second-order valence-electron chi connectivity index (χ2n) is 6.03. The van der Waals surface area contributed by atoms with Gasteiger partial charge in [0.25, 0.3) is 5.91 Å². The predicted molar refractivity (Wildman–Crippen MR) is 102 cm³/mol. The van der Waals surface area contributed by atoms with Crippen LogP contribution in [-0.2, 0) is 19.1 Å². The molecule has 0 saturated carbocycles. The Kier molecular flexibility index (Phi) is 7.16. The molecule has 0 spiro atoms. The van der Waals surface area contributed by atoms with E-state index in [1.807, 2.05) is 36.4 Å². The molecule has 27 heavy (non-hydrogen) atoms. The number of esters is 1. The lowest BCUT2D eigenvalue weighted by atomic mass is 9.98. The third kappa shape index (κ3) is 5.70. The van der Waals surface area contributed by atoms with Gasteiger partial charge in [0.15, 0.2) is 6.61 Å². The lowest BCUT2D eigenvalue weighted by molar-refractivity contribution is -0.149. The Bertz CT molecular complexity index is 834. The molecule has 7 nitrogen and oxygen atoms in total. The van der Waals surface area contributed by atoms with Gasteiger partial charge in [-0.1, -0.05) is 24.3 Å². The van der Waals surface area contributed by atoms with Gasteiger partial charge in [-0.25, -0.2) is 0 Å². The number of benzene rings is 2.